The van der Waals surface area contributed by atoms with Crippen molar-refractivity contribution in [3.63, 3.8) is 0 Å². The van der Waals surface area contributed by atoms with E-state index < -0.39 is 0 Å². The van der Waals surface area contributed by atoms with Crippen LogP contribution in [0.4, 0.5) is 0 Å². The first-order chi connectivity index (χ1) is 6.27. The zero-order valence-corrected chi connectivity index (χ0v) is 9.55. The van der Waals surface area contributed by atoms with E-state index in [1.165, 1.54) is 10.0 Å². The minimum Gasteiger partial charge on any atom is -0.330 e. The Kier molecular flexibility index (Phi) is 4.46. The van der Waals surface area contributed by atoms with E-state index in [-0.39, 0.29) is 0 Å². The van der Waals surface area contributed by atoms with Crippen LogP contribution in [0.3, 0.4) is 0 Å². The summed E-state index contributed by atoms with van der Waals surface area (Å²) in [5.74, 6) is 0.610. The number of rotatable bonds is 4. The fraction of sp³-hybridized carbons (Fsp3) is 0.455. The summed E-state index contributed by atoms with van der Waals surface area (Å²) >= 11 is 3.54. The van der Waals surface area contributed by atoms with E-state index in [1.807, 2.05) is 6.07 Å². The predicted octanol–water partition coefficient (Wildman–Crippen LogP) is 2.98. The predicted molar refractivity (Wildman–Crippen MR) is 60.7 cm³/mol. The van der Waals surface area contributed by atoms with E-state index in [2.05, 4.69) is 41.1 Å². The van der Waals surface area contributed by atoms with Crippen LogP contribution in [0.1, 0.15) is 18.9 Å². The molecule has 72 valence electrons. The van der Waals surface area contributed by atoms with Gasteiger partial charge in [-0.05, 0) is 30.5 Å². The van der Waals surface area contributed by atoms with Crippen LogP contribution in [-0.4, -0.2) is 6.54 Å². The lowest BCUT2D eigenvalue weighted by atomic mass is 9.97. The maximum Gasteiger partial charge on any atom is 0.0207 e. The molecule has 2 N–H and O–H groups in total. The SMILES string of the molecule is CC[C@H](CN)Cc1ccccc1Br. The van der Waals surface area contributed by atoms with Crippen molar-refractivity contribution in [3.8, 4) is 0 Å². The maximum atomic E-state index is 5.67. The van der Waals surface area contributed by atoms with Crippen molar-refractivity contribution in [3.05, 3.63) is 34.3 Å². The maximum absolute atomic E-state index is 5.67. The lowest BCUT2D eigenvalue weighted by Crippen LogP contribution is -2.15. The third-order valence-corrected chi connectivity index (χ3v) is 3.15. The molecule has 0 heterocycles. The Labute approximate surface area is 88.5 Å². The first-order valence-corrected chi connectivity index (χ1v) is 5.50. The summed E-state index contributed by atoms with van der Waals surface area (Å²) in [5.41, 5.74) is 7.03. The zero-order valence-electron chi connectivity index (χ0n) is 7.96. The Bertz CT molecular complexity index is 256. The van der Waals surface area contributed by atoms with Gasteiger partial charge in [0.15, 0.2) is 0 Å². The van der Waals surface area contributed by atoms with Gasteiger partial charge in [-0.2, -0.15) is 0 Å². The van der Waals surface area contributed by atoms with E-state index in [4.69, 9.17) is 5.73 Å². The normalized spacial score (nSPS) is 12.8. The van der Waals surface area contributed by atoms with Crippen molar-refractivity contribution in [1.82, 2.24) is 0 Å². The number of nitrogens with two attached hydrogens (primary N) is 1. The van der Waals surface area contributed by atoms with Crippen LogP contribution in [0.2, 0.25) is 0 Å². The van der Waals surface area contributed by atoms with Crippen molar-refractivity contribution in [2.75, 3.05) is 6.54 Å². The summed E-state index contributed by atoms with van der Waals surface area (Å²) in [6, 6.07) is 8.35. The third-order valence-electron chi connectivity index (χ3n) is 2.38. The van der Waals surface area contributed by atoms with Crippen LogP contribution in [-0.2, 0) is 6.42 Å². The summed E-state index contributed by atoms with van der Waals surface area (Å²) in [6.07, 6.45) is 2.23. The second-order valence-corrected chi connectivity index (χ2v) is 4.16. The largest absolute Gasteiger partial charge is 0.330 e. The fourth-order valence-corrected chi connectivity index (χ4v) is 1.82. The molecule has 13 heavy (non-hydrogen) atoms. The van der Waals surface area contributed by atoms with Gasteiger partial charge >= 0.3 is 0 Å². The molecule has 0 spiro atoms. The third kappa shape index (κ3) is 3.12. The van der Waals surface area contributed by atoms with Crippen LogP contribution < -0.4 is 5.73 Å². The van der Waals surface area contributed by atoms with Crippen LogP contribution >= 0.6 is 15.9 Å². The lowest BCUT2D eigenvalue weighted by molar-refractivity contribution is 0.518. The van der Waals surface area contributed by atoms with E-state index in [0.717, 1.165) is 19.4 Å². The van der Waals surface area contributed by atoms with Crippen LogP contribution in [0.25, 0.3) is 0 Å². The summed E-state index contributed by atoms with van der Waals surface area (Å²) < 4.78 is 1.20. The molecular formula is C11H16BrN. The smallest absolute Gasteiger partial charge is 0.0207 e. The van der Waals surface area contributed by atoms with Gasteiger partial charge in [0, 0.05) is 4.47 Å². The lowest BCUT2D eigenvalue weighted by Gasteiger charge is -2.12. The Morgan fingerprint density at radius 1 is 1.38 bits per heavy atom. The van der Waals surface area contributed by atoms with Gasteiger partial charge in [0.25, 0.3) is 0 Å². The molecule has 2 heteroatoms. The van der Waals surface area contributed by atoms with Gasteiger partial charge < -0.3 is 5.73 Å². The van der Waals surface area contributed by atoms with E-state index in [1.54, 1.807) is 0 Å². The van der Waals surface area contributed by atoms with E-state index in [9.17, 15) is 0 Å². The van der Waals surface area contributed by atoms with Crippen molar-refractivity contribution in [2.45, 2.75) is 19.8 Å². The highest BCUT2D eigenvalue weighted by Gasteiger charge is 2.06. The van der Waals surface area contributed by atoms with E-state index >= 15 is 0 Å². The summed E-state index contributed by atoms with van der Waals surface area (Å²) in [6.45, 7) is 2.96. The molecule has 0 bridgehead atoms. The topological polar surface area (TPSA) is 26.0 Å². The first kappa shape index (κ1) is 10.7. The standard InChI is InChI=1S/C11H16BrN/c1-2-9(8-13)7-10-5-3-4-6-11(10)12/h3-6,9H,2,7-8,13H2,1H3/t9-/m0/s1. The highest BCUT2D eigenvalue weighted by molar-refractivity contribution is 9.10. The molecule has 0 aromatic heterocycles. The molecule has 0 fully saturated rings. The number of halogens is 1. The Morgan fingerprint density at radius 3 is 2.62 bits per heavy atom. The van der Waals surface area contributed by atoms with Gasteiger partial charge in [-0.25, -0.2) is 0 Å². The minimum absolute atomic E-state index is 0.610. The monoisotopic (exact) mass is 241 g/mol. The van der Waals surface area contributed by atoms with Crippen molar-refractivity contribution >= 4 is 15.9 Å². The number of benzene rings is 1. The highest BCUT2D eigenvalue weighted by atomic mass is 79.9. The molecule has 0 amide bonds. The van der Waals surface area contributed by atoms with Gasteiger partial charge in [-0.1, -0.05) is 47.5 Å². The summed E-state index contributed by atoms with van der Waals surface area (Å²) in [5, 5.41) is 0. The van der Waals surface area contributed by atoms with Crippen molar-refractivity contribution in [2.24, 2.45) is 11.7 Å². The quantitative estimate of drug-likeness (QED) is 0.862. The van der Waals surface area contributed by atoms with Gasteiger partial charge in [0.2, 0.25) is 0 Å². The molecule has 0 aliphatic carbocycles. The van der Waals surface area contributed by atoms with Crippen LogP contribution in [0.5, 0.6) is 0 Å². The van der Waals surface area contributed by atoms with Gasteiger partial charge in [-0.15, -0.1) is 0 Å². The highest BCUT2D eigenvalue weighted by Crippen LogP contribution is 2.20. The molecule has 0 saturated heterocycles. The van der Waals surface area contributed by atoms with Gasteiger partial charge in [-0.3, -0.25) is 0 Å². The molecule has 1 atom stereocenters. The first-order valence-electron chi connectivity index (χ1n) is 4.71. The van der Waals surface area contributed by atoms with Gasteiger partial charge in [0.1, 0.15) is 0 Å². The molecule has 0 unspecified atom stereocenters. The summed E-state index contributed by atoms with van der Waals surface area (Å²) in [7, 11) is 0. The number of hydrogen-bond donors (Lipinski definition) is 1. The second kappa shape index (κ2) is 5.40. The molecule has 1 nitrogen and oxygen atoms in total. The molecule has 1 aromatic rings. The molecular weight excluding hydrogens is 226 g/mol. The van der Waals surface area contributed by atoms with Crippen LogP contribution in [0.15, 0.2) is 28.7 Å². The molecule has 0 radical (unpaired) electrons. The minimum atomic E-state index is 0.610. The summed E-state index contributed by atoms with van der Waals surface area (Å²) in [4.78, 5) is 0. The Hall–Kier alpha value is -0.340. The molecule has 1 aromatic carbocycles. The van der Waals surface area contributed by atoms with Crippen molar-refractivity contribution in [1.29, 1.82) is 0 Å². The zero-order chi connectivity index (χ0) is 9.68. The second-order valence-electron chi connectivity index (χ2n) is 3.31. The number of hydrogen-bond acceptors (Lipinski definition) is 1. The fourth-order valence-electron chi connectivity index (χ4n) is 1.37. The van der Waals surface area contributed by atoms with Crippen molar-refractivity contribution < 1.29 is 0 Å². The van der Waals surface area contributed by atoms with Crippen LogP contribution in [0, 0.1) is 5.92 Å². The average Bonchev–Trinajstić information content (AvgIpc) is 2.17. The Balaban J connectivity index is 2.67. The average molecular weight is 242 g/mol. The molecule has 0 aliphatic heterocycles. The van der Waals surface area contributed by atoms with Gasteiger partial charge in [0.05, 0.1) is 0 Å². The molecule has 0 saturated carbocycles. The Morgan fingerprint density at radius 2 is 2.08 bits per heavy atom. The molecule has 1 rings (SSSR count). The molecule has 0 aliphatic rings. The van der Waals surface area contributed by atoms with E-state index in [0.29, 0.717) is 5.92 Å².